The molecule has 2 nitrogen and oxygen atoms in total. The highest BCUT2D eigenvalue weighted by atomic mass is 15.1. The molecule has 0 radical (unpaired) electrons. The Balaban J connectivity index is 1.59. The van der Waals surface area contributed by atoms with Crippen LogP contribution in [0.15, 0.2) is 115 Å². The maximum Gasteiger partial charge on any atom is 0.141 e. The van der Waals surface area contributed by atoms with Gasteiger partial charge in [-0.2, -0.15) is 0 Å². The van der Waals surface area contributed by atoms with Crippen molar-refractivity contribution < 1.29 is 0 Å². The first-order valence-corrected chi connectivity index (χ1v) is 13.7. The fraction of sp³-hybridized carbons (Fsp3) is 0.0541. The SMILES string of the molecule is CCn1c(-c2cc3ccc4cccc5c6cccc7ccc8cccc(c(c2)c3c45)c8c76)nc2ccccc21. The van der Waals surface area contributed by atoms with Crippen LogP contribution >= 0.6 is 0 Å². The highest BCUT2D eigenvalue weighted by Crippen LogP contribution is 2.44. The molecule has 182 valence electrons. The van der Waals surface area contributed by atoms with Crippen molar-refractivity contribution in [2.45, 2.75) is 13.5 Å². The molecule has 0 amide bonds. The number of nitrogens with zero attached hydrogens (tertiary/aromatic N) is 2. The van der Waals surface area contributed by atoms with Gasteiger partial charge in [0.15, 0.2) is 0 Å². The second kappa shape index (κ2) is 7.55. The van der Waals surface area contributed by atoms with Crippen molar-refractivity contribution in [2.24, 2.45) is 0 Å². The summed E-state index contributed by atoms with van der Waals surface area (Å²) in [6.07, 6.45) is 0. The lowest BCUT2D eigenvalue weighted by molar-refractivity contribution is 0.796. The van der Waals surface area contributed by atoms with Gasteiger partial charge in [-0.15, -0.1) is 0 Å². The molecule has 9 aromatic rings. The minimum absolute atomic E-state index is 0.868. The van der Waals surface area contributed by atoms with Gasteiger partial charge in [-0.3, -0.25) is 0 Å². The molecule has 0 saturated heterocycles. The fourth-order valence-corrected chi connectivity index (χ4v) is 7.03. The number of benzene rings is 7. The highest BCUT2D eigenvalue weighted by Gasteiger charge is 2.18. The Morgan fingerprint density at radius 3 is 1.67 bits per heavy atom. The van der Waals surface area contributed by atoms with Crippen LogP contribution in [0.5, 0.6) is 0 Å². The Hall–Kier alpha value is -4.95. The highest BCUT2D eigenvalue weighted by molar-refractivity contribution is 6.37. The van der Waals surface area contributed by atoms with Gasteiger partial charge in [0.05, 0.1) is 11.0 Å². The zero-order valence-electron chi connectivity index (χ0n) is 21.6. The Morgan fingerprint density at radius 1 is 0.513 bits per heavy atom. The van der Waals surface area contributed by atoms with Gasteiger partial charge in [0.1, 0.15) is 5.82 Å². The monoisotopic (exact) mass is 496 g/mol. The number of para-hydroxylation sites is 2. The number of hydrogen-bond donors (Lipinski definition) is 0. The summed E-state index contributed by atoms with van der Waals surface area (Å²) in [7, 11) is 0. The first kappa shape index (κ1) is 21.0. The number of aromatic nitrogens is 2. The van der Waals surface area contributed by atoms with Gasteiger partial charge < -0.3 is 4.57 Å². The van der Waals surface area contributed by atoms with Crippen molar-refractivity contribution in [3.05, 3.63) is 115 Å². The number of aryl methyl sites for hydroxylation is 1. The van der Waals surface area contributed by atoms with E-state index < -0.39 is 0 Å². The van der Waals surface area contributed by atoms with Crippen LogP contribution in [0, 0.1) is 0 Å². The number of imidazole rings is 1. The van der Waals surface area contributed by atoms with E-state index in [0.717, 1.165) is 23.4 Å². The van der Waals surface area contributed by atoms with Crippen molar-refractivity contribution in [2.75, 3.05) is 0 Å². The molecule has 0 spiro atoms. The van der Waals surface area contributed by atoms with Crippen molar-refractivity contribution in [3.63, 3.8) is 0 Å². The Labute approximate surface area is 225 Å². The third kappa shape index (κ3) is 2.73. The second-order valence-corrected chi connectivity index (χ2v) is 10.6. The summed E-state index contributed by atoms with van der Waals surface area (Å²) >= 11 is 0. The van der Waals surface area contributed by atoms with Gasteiger partial charge in [0, 0.05) is 12.1 Å². The predicted octanol–water partition coefficient (Wildman–Crippen LogP) is 10.1. The zero-order chi connectivity index (χ0) is 25.7. The van der Waals surface area contributed by atoms with Gasteiger partial charge in [-0.25, -0.2) is 4.98 Å². The average Bonchev–Trinajstić information content (AvgIpc) is 3.37. The Kier molecular flexibility index (Phi) is 4.07. The van der Waals surface area contributed by atoms with E-state index in [4.69, 9.17) is 4.98 Å². The van der Waals surface area contributed by atoms with Crippen LogP contribution in [0.25, 0.3) is 87.1 Å². The molecule has 0 unspecified atom stereocenters. The summed E-state index contributed by atoms with van der Waals surface area (Å²) in [6, 6.07) is 42.6. The quantitative estimate of drug-likeness (QED) is 0.218. The van der Waals surface area contributed by atoms with Gasteiger partial charge >= 0.3 is 0 Å². The normalized spacial score (nSPS) is 12.3. The Bertz CT molecular complexity index is 2420. The summed E-state index contributed by atoms with van der Waals surface area (Å²) in [4.78, 5) is 5.14. The summed E-state index contributed by atoms with van der Waals surface area (Å²) in [5.41, 5.74) is 3.38. The van der Waals surface area contributed by atoms with Gasteiger partial charge in [0.25, 0.3) is 0 Å². The smallest absolute Gasteiger partial charge is 0.141 e. The molecule has 0 N–H and O–H groups in total. The van der Waals surface area contributed by atoms with Gasteiger partial charge in [-0.1, -0.05) is 91.0 Å². The summed E-state index contributed by atoms with van der Waals surface area (Å²) in [5, 5.41) is 15.6. The molecule has 8 aromatic carbocycles. The van der Waals surface area contributed by atoms with Crippen LogP contribution in [-0.4, -0.2) is 9.55 Å². The van der Waals surface area contributed by atoms with E-state index in [1.807, 2.05) is 0 Å². The van der Waals surface area contributed by atoms with Crippen LogP contribution in [0.4, 0.5) is 0 Å². The number of rotatable bonds is 2. The molecular weight excluding hydrogens is 472 g/mol. The molecule has 0 atom stereocenters. The van der Waals surface area contributed by atoms with Gasteiger partial charge in [-0.05, 0) is 95.8 Å². The topological polar surface area (TPSA) is 17.8 Å². The maximum atomic E-state index is 5.14. The van der Waals surface area contributed by atoms with E-state index in [2.05, 4.69) is 127 Å². The van der Waals surface area contributed by atoms with Crippen LogP contribution in [-0.2, 0) is 6.54 Å². The third-order valence-electron chi connectivity index (χ3n) is 8.65. The minimum atomic E-state index is 0.868. The van der Waals surface area contributed by atoms with Crippen molar-refractivity contribution >= 4 is 75.7 Å². The predicted molar refractivity (Wildman–Crippen MR) is 167 cm³/mol. The summed E-state index contributed by atoms with van der Waals surface area (Å²) < 4.78 is 2.34. The van der Waals surface area contributed by atoms with Crippen LogP contribution in [0.1, 0.15) is 6.92 Å². The van der Waals surface area contributed by atoms with Crippen molar-refractivity contribution in [1.29, 1.82) is 0 Å². The molecule has 0 bridgehead atoms. The van der Waals surface area contributed by atoms with Crippen LogP contribution in [0.2, 0.25) is 0 Å². The first-order chi connectivity index (χ1) is 19.3. The van der Waals surface area contributed by atoms with E-state index in [9.17, 15) is 0 Å². The van der Waals surface area contributed by atoms with E-state index in [-0.39, 0.29) is 0 Å². The lowest BCUT2D eigenvalue weighted by Gasteiger charge is -2.17. The van der Waals surface area contributed by atoms with Gasteiger partial charge in [0.2, 0.25) is 0 Å². The minimum Gasteiger partial charge on any atom is -0.324 e. The lowest BCUT2D eigenvalue weighted by atomic mass is 9.87. The number of hydrogen-bond acceptors (Lipinski definition) is 1. The molecule has 2 heteroatoms. The molecule has 0 saturated carbocycles. The molecule has 0 aliphatic carbocycles. The van der Waals surface area contributed by atoms with Crippen LogP contribution < -0.4 is 0 Å². The molecule has 0 aliphatic rings. The molecule has 0 aliphatic heterocycles. The first-order valence-electron chi connectivity index (χ1n) is 13.7. The third-order valence-corrected chi connectivity index (χ3v) is 8.65. The maximum absolute atomic E-state index is 5.14. The van der Waals surface area contributed by atoms with E-state index in [1.54, 1.807) is 0 Å². The largest absolute Gasteiger partial charge is 0.324 e. The van der Waals surface area contributed by atoms with Crippen LogP contribution in [0.3, 0.4) is 0 Å². The molecule has 9 rings (SSSR count). The van der Waals surface area contributed by atoms with E-state index in [1.165, 1.54) is 70.2 Å². The fourth-order valence-electron chi connectivity index (χ4n) is 7.03. The molecule has 1 aromatic heterocycles. The second-order valence-electron chi connectivity index (χ2n) is 10.6. The van der Waals surface area contributed by atoms with Crippen molar-refractivity contribution in [1.82, 2.24) is 9.55 Å². The van der Waals surface area contributed by atoms with E-state index >= 15 is 0 Å². The molecule has 1 heterocycles. The van der Waals surface area contributed by atoms with E-state index in [0.29, 0.717) is 0 Å². The lowest BCUT2D eigenvalue weighted by Crippen LogP contribution is -1.98. The summed E-state index contributed by atoms with van der Waals surface area (Å²) in [5.74, 6) is 1.03. The number of fused-ring (bicyclic) bond motifs is 3. The summed E-state index contributed by atoms with van der Waals surface area (Å²) in [6.45, 7) is 3.07. The standard InChI is InChI=1S/C37H24N2/c1-2-39-32-15-4-3-14-31(32)38-37(39)26-20-25-19-18-24-9-6-12-28-27-11-5-8-22-16-17-23-10-7-13-29(35(23)33(22)27)30(21-26)36(25)34(24)28/h3-21H,2H2,1H3. The molecule has 0 fully saturated rings. The van der Waals surface area contributed by atoms with Crippen molar-refractivity contribution in [3.8, 4) is 11.4 Å². The average molecular weight is 497 g/mol. The zero-order valence-corrected chi connectivity index (χ0v) is 21.6. The molecular formula is C37H24N2. The molecule has 39 heavy (non-hydrogen) atoms. The Morgan fingerprint density at radius 2 is 1.05 bits per heavy atom.